The van der Waals surface area contributed by atoms with E-state index in [1.54, 1.807) is 7.11 Å². The van der Waals surface area contributed by atoms with Crippen molar-refractivity contribution < 1.29 is 9.53 Å². The number of benzene rings is 1. The maximum atomic E-state index is 12.8. The Morgan fingerprint density at radius 2 is 2.12 bits per heavy atom. The molecule has 0 spiro atoms. The number of nitrogens with one attached hydrogen (secondary N) is 1. The van der Waals surface area contributed by atoms with Crippen LogP contribution in [0.25, 0.3) is 0 Å². The van der Waals surface area contributed by atoms with E-state index in [-0.39, 0.29) is 5.91 Å². The minimum absolute atomic E-state index is 0.0923. The molecule has 1 saturated heterocycles. The van der Waals surface area contributed by atoms with Crippen LogP contribution in [0.4, 0.5) is 5.00 Å². The highest BCUT2D eigenvalue weighted by Crippen LogP contribution is 2.32. The fourth-order valence-electron chi connectivity index (χ4n) is 3.26. The second-order valence-corrected chi connectivity index (χ2v) is 6.84. The molecule has 2 heterocycles. The fourth-order valence-corrected chi connectivity index (χ4v) is 4.00. The third-order valence-corrected chi connectivity index (χ3v) is 5.61. The SMILES string of the molecule is CNc1snc(C)c1C(=O)N1CCC(c2cccc(OC)c2)CC1. The van der Waals surface area contributed by atoms with Crippen LogP contribution in [0.3, 0.4) is 0 Å². The summed E-state index contributed by atoms with van der Waals surface area (Å²) in [6, 6.07) is 8.25. The molecule has 3 rings (SSSR count). The van der Waals surface area contributed by atoms with Gasteiger partial charge >= 0.3 is 0 Å². The van der Waals surface area contributed by atoms with Gasteiger partial charge in [-0.25, -0.2) is 0 Å². The van der Waals surface area contributed by atoms with Crippen molar-refractivity contribution in [1.29, 1.82) is 0 Å². The highest BCUT2D eigenvalue weighted by atomic mass is 32.1. The molecular formula is C18H23N3O2S. The number of carbonyl (C=O) groups is 1. The zero-order valence-electron chi connectivity index (χ0n) is 14.3. The van der Waals surface area contributed by atoms with Gasteiger partial charge in [-0.15, -0.1) is 0 Å². The van der Waals surface area contributed by atoms with Crippen LogP contribution < -0.4 is 10.1 Å². The minimum Gasteiger partial charge on any atom is -0.497 e. The van der Waals surface area contributed by atoms with E-state index in [1.807, 2.05) is 31.0 Å². The highest BCUT2D eigenvalue weighted by molar-refractivity contribution is 7.10. The van der Waals surface area contributed by atoms with E-state index in [4.69, 9.17) is 4.74 Å². The molecule has 1 fully saturated rings. The van der Waals surface area contributed by atoms with Gasteiger partial charge in [-0.1, -0.05) is 12.1 Å². The van der Waals surface area contributed by atoms with Gasteiger partial charge in [0.2, 0.25) is 0 Å². The van der Waals surface area contributed by atoms with Crippen LogP contribution in [0, 0.1) is 6.92 Å². The number of anilines is 1. The Balaban J connectivity index is 1.68. The van der Waals surface area contributed by atoms with Crippen LogP contribution in [0.2, 0.25) is 0 Å². The standard InChI is InChI=1S/C18H23N3O2S/c1-12-16(17(19-2)24-20-12)18(22)21-9-7-13(8-10-21)14-5-4-6-15(11-14)23-3/h4-6,11,13,19H,7-10H2,1-3H3. The molecule has 5 nitrogen and oxygen atoms in total. The number of nitrogens with zero attached hydrogens (tertiary/aromatic N) is 2. The number of piperidine rings is 1. The molecule has 24 heavy (non-hydrogen) atoms. The Morgan fingerprint density at radius 1 is 1.38 bits per heavy atom. The predicted molar refractivity (Wildman–Crippen MR) is 97.3 cm³/mol. The van der Waals surface area contributed by atoms with Gasteiger partial charge in [0, 0.05) is 20.1 Å². The molecule has 0 bridgehead atoms. The van der Waals surface area contributed by atoms with E-state index < -0.39 is 0 Å². The lowest BCUT2D eigenvalue weighted by Gasteiger charge is -2.32. The third kappa shape index (κ3) is 3.24. The molecule has 6 heteroatoms. The normalized spacial score (nSPS) is 15.4. The van der Waals surface area contributed by atoms with Crippen molar-refractivity contribution in [3.63, 3.8) is 0 Å². The molecule has 1 N–H and O–H groups in total. The number of hydrogen-bond donors (Lipinski definition) is 1. The number of likely N-dealkylation sites (tertiary alicyclic amines) is 1. The smallest absolute Gasteiger partial charge is 0.258 e. The van der Waals surface area contributed by atoms with E-state index in [0.717, 1.165) is 47.9 Å². The summed E-state index contributed by atoms with van der Waals surface area (Å²) in [6.07, 6.45) is 1.95. The molecule has 1 amide bonds. The van der Waals surface area contributed by atoms with Crippen molar-refractivity contribution in [2.24, 2.45) is 0 Å². The van der Waals surface area contributed by atoms with Crippen molar-refractivity contribution in [3.05, 3.63) is 41.1 Å². The number of methoxy groups -OCH3 is 1. The van der Waals surface area contributed by atoms with Crippen LogP contribution >= 0.6 is 11.5 Å². The third-order valence-electron chi connectivity index (χ3n) is 4.65. The minimum atomic E-state index is 0.0923. The average molecular weight is 345 g/mol. The lowest BCUT2D eigenvalue weighted by molar-refractivity contribution is 0.0713. The number of amides is 1. The molecule has 1 aromatic carbocycles. The van der Waals surface area contributed by atoms with E-state index in [2.05, 4.69) is 21.8 Å². The molecule has 1 aliphatic heterocycles. The van der Waals surface area contributed by atoms with Gasteiger partial charge in [-0.2, -0.15) is 4.37 Å². The van der Waals surface area contributed by atoms with Gasteiger partial charge in [0.25, 0.3) is 5.91 Å². The molecule has 128 valence electrons. The number of carbonyl (C=O) groups excluding carboxylic acids is 1. The molecule has 0 atom stereocenters. The summed E-state index contributed by atoms with van der Waals surface area (Å²) in [5.41, 5.74) is 2.83. The summed E-state index contributed by atoms with van der Waals surface area (Å²) in [5.74, 6) is 1.47. The number of hydrogen-bond acceptors (Lipinski definition) is 5. The molecular weight excluding hydrogens is 322 g/mol. The molecule has 0 saturated carbocycles. The Kier molecular flexibility index (Phi) is 5.04. The van der Waals surface area contributed by atoms with Crippen LogP contribution in [0.15, 0.2) is 24.3 Å². The second-order valence-electron chi connectivity index (χ2n) is 6.07. The summed E-state index contributed by atoms with van der Waals surface area (Å²) in [4.78, 5) is 14.8. The van der Waals surface area contributed by atoms with Crippen LogP contribution in [0.1, 0.15) is 40.4 Å². The van der Waals surface area contributed by atoms with Crippen molar-refractivity contribution in [3.8, 4) is 5.75 Å². The lowest BCUT2D eigenvalue weighted by Crippen LogP contribution is -2.38. The molecule has 0 aliphatic carbocycles. The zero-order valence-corrected chi connectivity index (χ0v) is 15.2. The summed E-state index contributed by atoms with van der Waals surface area (Å²) in [5, 5.41) is 3.93. The molecule has 0 radical (unpaired) electrons. The number of aromatic nitrogens is 1. The zero-order chi connectivity index (χ0) is 17.1. The predicted octanol–water partition coefficient (Wildman–Crippen LogP) is 3.52. The first-order valence-electron chi connectivity index (χ1n) is 8.21. The quantitative estimate of drug-likeness (QED) is 0.921. The maximum absolute atomic E-state index is 12.8. The topological polar surface area (TPSA) is 54.5 Å². The fraction of sp³-hybridized carbons (Fsp3) is 0.444. The van der Waals surface area contributed by atoms with Crippen LogP contribution in [-0.4, -0.2) is 42.4 Å². The molecule has 1 aromatic heterocycles. The highest BCUT2D eigenvalue weighted by Gasteiger charge is 2.28. The first-order valence-corrected chi connectivity index (χ1v) is 8.98. The summed E-state index contributed by atoms with van der Waals surface area (Å²) >= 11 is 1.35. The van der Waals surface area contributed by atoms with Crippen molar-refractivity contribution in [2.75, 3.05) is 32.6 Å². The largest absolute Gasteiger partial charge is 0.497 e. The molecule has 1 aliphatic rings. The van der Waals surface area contributed by atoms with E-state index in [0.29, 0.717) is 5.92 Å². The average Bonchev–Trinajstić information content (AvgIpc) is 3.02. The van der Waals surface area contributed by atoms with Crippen molar-refractivity contribution in [2.45, 2.75) is 25.7 Å². The van der Waals surface area contributed by atoms with E-state index >= 15 is 0 Å². The molecule has 2 aromatic rings. The van der Waals surface area contributed by atoms with Gasteiger partial charge in [-0.05, 0) is 54.9 Å². The maximum Gasteiger partial charge on any atom is 0.258 e. The molecule has 0 unspecified atom stereocenters. The van der Waals surface area contributed by atoms with Gasteiger partial charge in [0.1, 0.15) is 10.8 Å². The lowest BCUT2D eigenvalue weighted by atomic mass is 9.89. The first kappa shape index (κ1) is 16.8. The van der Waals surface area contributed by atoms with Crippen molar-refractivity contribution >= 4 is 22.4 Å². The van der Waals surface area contributed by atoms with E-state index in [9.17, 15) is 4.79 Å². The number of rotatable bonds is 4. The van der Waals surface area contributed by atoms with E-state index in [1.165, 1.54) is 17.1 Å². The first-order chi connectivity index (χ1) is 11.6. The Hall–Kier alpha value is -2.08. The summed E-state index contributed by atoms with van der Waals surface area (Å²) in [6.45, 7) is 3.45. The van der Waals surface area contributed by atoms with Gasteiger partial charge in [-0.3, -0.25) is 4.79 Å². The summed E-state index contributed by atoms with van der Waals surface area (Å²) < 4.78 is 9.62. The Labute approximate surface area is 146 Å². The van der Waals surface area contributed by atoms with Gasteiger partial charge in [0.15, 0.2) is 0 Å². The van der Waals surface area contributed by atoms with Gasteiger partial charge in [0.05, 0.1) is 18.4 Å². The van der Waals surface area contributed by atoms with Gasteiger partial charge < -0.3 is 15.0 Å². The second kappa shape index (κ2) is 7.21. The number of aryl methyl sites for hydroxylation is 1. The van der Waals surface area contributed by atoms with Crippen molar-refractivity contribution in [1.82, 2.24) is 9.27 Å². The Morgan fingerprint density at radius 3 is 2.79 bits per heavy atom. The summed E-state index contributed by atoms with van der Waals surface area (Å²) in [7, 11) is 3.52. The van der Waals surface area contributed by atoms with Crippen LogP contribution in [-0.2, 0) is 0 Å². The van der Waals surface area contributed by atoms with Crippen LogP contribution in [0.5, 0.6) is 5.75 Å². The monoisotopic (exact) mass is 345 g/mol. The number of ether oxygens (including phenoxy) is 1. The Bertz CT molecular complexity index is 721.